The lowest BCUT2D eigenvalue weighted by Gasteiger charge is -2.39. The van der Waals surface area contributed by atoms with Crippen LogP contribution in [-0.2, 0) is 6.42 Å². The highest BCUT2D eigenvalue weighted by Gasteiger charge is 2.26. The van der Waals surface area contributed by atoms with Crippen LogP contribution in [-0.4, -0.2) is 52.9 Å². The van der Waals surface area contributed by atoms with Crippen LogP contribution in [0.1, 0.15) is 36.8 Å². The molecule has 1 amide bonds. The number of likely N-dealkylation sites (N-methyl/N-ethyl adjacent to an activating group) is 1. The van der Waals surface area contributed by atoms with E-state index < -0.39 is 0 Å². The van der Waals surface area contributed by atoms with Gasteiger partial charge in [-0.2, -0.15) is 0 Å². The number of nitrogens with two attached hydrogens (primary N) is 1. The van der Waals surface area contributed by atoms with Crippen molar-refractivity contribution in [2.45, 2.75) is 33.2 Å². The summed E-state index contributed by atoms with van der Waals surface area (Å²) in [5, 5.41) is 0. The number of hydrogen-bond acceptors (Lipinski definition) is 4. The number of rotatable bonds is 3. The van der Waals surface area contributed by atoms with Crippen LogP contribution in [0, 0.1) is 0 Å². The zero-order valence-electron chi connectivity index (χ0n) is 12.6. The number of carbonyl (C=O) groups is 1. The summed E-state index contributed by atoms with van der Waals surface area (Å²) in [5.74, 6) is 0.490. The fourth-order valence-corrected chi connectivity index (χ4v) is 2.75. The Hall–Kier alpha value is -1.62. The molecule has 1 aliphatic heterocycles. The molecule has 0 aliphatic carbocycles. The number of aromatic nitrogens is 1. The maximum absolute atomic E-state index is 12.6. The third-order valence-corrected chi connectivity index (χ3v) is 3.97. The second kappa shape index (κ2) is 6.22. The maximum atomic E-state index is 12.6. The standard InChI is InChI=1S/C15H24N4O/c1-4-13-8-12(9-14(16)17-13)15(20)19-7-6-18(5-2)11(3)10-19/h8-9,11H,4-7,10H2,1-3H3,(H2,16,17). The molecule has 1 saturated heterocycles. The zero-order valence-corrected chi connectivity index (χ0v) is 12.6. The molecule has 1 aliphatic rings. The van der Waals surface area contributed by atoms with Crippen LogP contribution in [0.4, 0.5) is 5.82 Å². The summed E-state index contributed by atoms with van der Waals surface area (Å²) in [6.07, 6.45) is 0.783. The molecule has 5 heteroatoms. The van der Waals surface area contributed by atoms with Gasteiger partial charge in [-0.3, -0.25) is 9.69 Å². The third kappa shape index (κ3) is 3.10. The molecule has 1 aromatic rings. The average Bonchev–Trinajstić information content (AvgIpc) is 2.45. The van der Waals surface area contributed by atoms with Crippen molar-refractivity contribution in [2.75, 3.05) is 31.9 Å². The Morgan fingerprint density at radius 2 is 2.15 bits per heavy atom. The molecule has 0 spiro atoms. The summed E-state index contributed by atoms with van der Waals surface area (Å²) in [4.78, 5) is 21.1. The molecule has 1 fully saturated rings. The van der Waals surface area contributed by atoms with E-state index in [9.17, 15) is 4.79 Å². The summed E-state index contributed by atoms with van der Waals surface area (Å²) >= 11 is 0. The van der Waals surface area contributed by atoms with E-state index in [-0.39, 0.29) is 5.91 Å². The molecule has 2 N–H and O–H groups in total. The molecule has 5 nitrogen and oxygen atoms in total. The van der Waals surface area contributed by atoms with Crippen LogP contribution >= 0.6 is 0 Å². The van der Waals surface area contributed by atoms with Crippen LogP contribution in [0.5, 0.6) is 0 Å². The predicted molar refractivity (Wildman–Crippen MR) is 80.6 cm³/mol. The van der Waals surface area contributed by atoms with E-state index in [0.717, 1.165) is 38.3 Å². The Morgan fingerprint density at radius 1 is 1.40 bits per heavy atom. The number of anilines is 1. The number of amides is 1. The fourth-order valence-electron chi connectivity index (χ4n) is 2.75. The highest BCUT2D eigenvalue weighted by atomic mass is 16.2. The largest absolute Gasteiger partial charge is 0.384 e. The predicted octanol–water partition coefficient (Wildman–Crippen LogP) is 1.39. The van der Waals surface area contributed by atoms with Gasteiger partial charge in [0, 0.05) is 36.9 Å². The van der Waals surface area contributed by atoms with Crippen molar-refractivity contribution in [2.24, 2.45) is 0 Å². The second-order valence-corrected chi connectivity index (χ2v) is 5.35. The molecule has 2 rings (SSSR count). The van der Waals surface area contributed by atoms with Crippen molar-refractivity contribution in [1.29, 1.82) is 0 Å². The summed E-state index contributed by atoms with van der Waals surface area (Å²) < 4.78 is 0. The Bertz CT molecular complexity index is 489. The topological polar surface area (TPSA) is 62.5 Å². The molecule has 1 aromatic heterocycles. The first-order valence-electron chi connectivity index (χ1n) is 7.34. The van der Waals surface area contributed by atoms with E-state index in [1.165, 1.54) is 0 Å². The summed E-state index contributed by atoms with van der Waals surface area (Å²) in [6.45, 7) is 9.86. The lowest BCUT2D eigenvalue weighted by molar-refractivity contribution is 0.0528. The van der Waals surface area contributed by atoms with E-state index in [1.807, 2.05) is 17.9 Å². The minimum atomic E-state index is 0.0661. The van der Waals surface area contributed by atoms with E-state index in [4.69, 9.17) is 5.73 Å². The first-order valence-corrected chi connectivity index (χ1v) is 7.34. The number of aryl methyl sites for hydroxylation is 1. The van der Waals surface area contributed by atoms with Crippen molar-refractivity contribution in [3.05, 3.63) is 23.4 Å². The molecular weight excluding hydrogens is 252 g/mol. The molecular formula is C15H24N4O. The zero-order chi connectivity index (χ0) is 14.7. The van der Waals surface area contributed by atoms with Gasteiger partial charge < -0.3 is 10.6 Å². The number of nitrogen functional groups attached to an aromatic ring is 1. The van der Waals surface area contributed by atoms with Gasteiger partial charge >= 0.3 is 0 Å². The van der Waals surface area contributed by atoms with Crippen LogP contribution in [0.2, 0.25) is 0 Å². The second-order valence-electron chi connectivity index (χ2n) is 5.35. The monoisotopic (exact) mass is 276 g/mol. The van der Waals surface area contributed by atoms with Crippen LogP contribution in [0.15, 0.2) is 12.1 Å². The van der Waals surface area contributed by atoms with Gasteiger partial charge in [-0.05, 0) is 32.0 Å². The van der Waals surface area contributed by atoms with E-state index in [2.05, 4.69) is 23.7 Å². The number of piperazine rings is 1. The Morgan fingerprint density at radius 3 is 2.75 bits per heavy atom. The minimum absolute atomic E-state index is 0.0661. The lowest BCUT2D eigenvalue weighted by Crippen LogP contribution is -2.53. The molecule has 110 valence electrons. The first kappa shape index (κ1) is 14.8. The maximum Gasteiger partial charge on any atom is 0.254 e. The van der Waals surface area contributed by atoms with Crippen molar-refractivity contribution in [3.63, 3.8) is 0 Å². The minimum Gasteiger partial charge on any atom is -0.384 e. The fraction of sp³-hybridized carbons (Fsp3) is 0.600. The molecule has 2 heterocycles. The Labute approximate surface area is 120 Å². The van der Waals surface area contributed by atoms with Gasteiger partial charge in [0.2, 0.25) is 0 Å². The van der Waals surface area contributed by atoms with Crippen LogP contribution in [0.25, 0.3) is 0 Å². The van der Waals surface area contributed by atoms with Crippen LogP contribution < -0.4 is 5.73 Å². The van der Waals surface area contributed by atoms with Gasteiger partial charge in [0.15, 0.2) is 0 Å². The number of nitrogens with zero attached hydrogens (tertiary/aromatic N) is 3. The highest BCUT2D eigenvalue weighted by Crippen LogP contribution is 2.15. The first-order chi connectivity index (χ1) is 9.55. The molecule has 0 aromatic carbocycles. The molecule has 0 bridgehead atoms. The van der Waals surface area contributed by atoms with Gasteiger partial charge in [0.05, 0.1) is 0 Å². The van der Waals surface area contributed by atoms with Crippen molar-refractivity contribution < 1.29 is 4.79 Å². The van der Waals surface area contributed by atoms with E-state index in [0.29, 0.717) is 17.4 Å². The molecule has 0 saturated carbocycles. The van der Waals surface area contributed by atoms with E-state index >= 15 is 0 Å². The highest BCUT2D eigenvalue weighted by molar-refractivity contribution is 5.95. The average molecular weight is 276 g/mol. The molecule has 1 unspecified atom stereocenters. The normalized spacial score (nSPS) is 20.1. The van der Waals surface area contributed by atoms with Crippen molar-refractivity contribution >= 4 is 11.7 Å². The van der Waals surface area contributed by atoms with Gasteiger partial charge in [-0.15, -0.1) is 0 Å². The number of carbonyl (C=O) groups excluding carboxylic acids is 1. The Kier molecular flexibility index (Phi) is 4.60. The SMILES string of the molecule is CCc1cc(C(=O)N2CCN(CC)C(C)C2)cc(N)n1. The van der Waals surface area contributed by atoms with Crippen LogP contribution in [0.3, 0.4) is 0 Å². The summed E-state index contributed by atoms with van der Waals surface area (Å²) in [5.41, 5.74) is 7.31. The smallest absolute Gasteiger partial charge is 0.254 e. The molecule has 1 atom stereocenters. The number of pyridine rings is 1. The third-order valence-electron chi connectivity index (χ3n) is 3.97. The Balaban J connectivity index is 2.14. The van der Waals surface area contributed by atoms with Gasteiger partial charge in [0.25, 0.3) is 5.91 Å². The molecule has 0 radical (unpaired) electrons. The van der Waals surface area contributed by atoms with Gasteiger partial charge in [0.1, 0.15) is 5.82 Å². The van der Waals surface area contributed by atoms with Gasteiger partial charge in [-0.25, -0.2) is 4.98 Å². The van der Waals surface area contributed by atoms with E-state index in [1.54, 1.807) is 6.07 Å². The summed E-state index contributed by atoms with van der Waals surface area (Å²) in [6, 6.07) is 3.94. The number of hydrogen-bond donors (Lipinski definition) is 1. The summed E-state index contributed by atoms with van der Waals surface area (Å²) in [7, 11) is 0. The van der Waals surface area contributed by atoms with Crippen molar-refractivity contribution in [3.8, 4) is 0 Å². The quantitative estimate of drug-likeness (QED) is 0.906. The molecule has 20 heavy (non-hydrogen) atoms. The van der Waals surface area contributed by atoms with Gasteiger partial charge in [-0.1, -0.05) is 13.8 Å². The van der Waals surface area contributed by atoms with Crippen molar-refractivity contribution in [1.82, 2.24) is 14.8 Å². The lowest BCUT2D eigenvalue weighted by atomic mass is 10.1.